The van der Waals surface area contributed by atoms with E-state index in [0.717, 1.165) is 28.6 Å². The highest BCUT2D eigenvalue weighted by Gasteiger charge is 2.10. The van der Waals surface area contributed by atoms with Crippen molar-refractivity contribution >= 4 is 11.6 Å². The fourth-order valence-electron chi connectivity index (χ4n) is 2.32. The van der Waals surface area contributed by atoms with Gasteiger partial charge in [-0.15, -0.1) is 0 Å². The first-order valence-corrected chi connectivity index (χ1v) is 8.01. The molecule has 0 fully saturated rings. The lowest BCUT2D eigenvalue weighted by Gasteiger charge is -2.14. The van der Waals surface area contributed by atoms with Gasteiger partial charge in [-0.3, -0.25) is 4.79 Å². The monoisotopic (exact) mass is 329 g/mol. The van der Waals surface area contributed by atoms with E-state index in [4.69, 9.17) is 9.47 Å². The molecule has 5 nitrogen and oxygen atoms in total. The summed E-state index contributed by atoms with van der Waals surface area (Å²) >= 11 is 0. The second-order valence-corrected chi connectivity index (χ2v) is 5.83. The Labute approximate surface area is 143 Å². The van der Waals surface area contributed by atoms with E-state index in [0.29, 0.717) is 13.2 Å². The van der Waals surface area contributed by atoms with Crippen LogP contribution in [0.5, 0.6) is 11.5 Å². The third kappa shape index (κ3) is 5.93. The molecule has 0 aromatic heterocycles. The predicted octanol–water partition coefficient (Wildman–Crippen LogP) is 1.54. The number of carbonyl (C=O) groups excluding carboxylic acids is 1. The summed E-state index contributed by atoms with van der Waals surface area (Å²) in [6.45, 7) is 3.74. The van der Waals surface area contributed by atoms with Gasteiger partial charge in [0.05, 0.1) is 14.2 Å². The molecule has 0 bridgehead atoms. The Kier molecular flexibility index (Phi) is 6.63. The summed E-state index contributed by atoms with van der Waals surface area (Å²) in [6.07, 6.45) is 0. The number of hydrogen-bond donors (Lipinski definition) is 2. The zero-order valence-corrected chi connectivity index (χ0v) is 14.5. The fourth-order valence-corrected chi connectivity index (χ4v) is 2.32. The van der Waals surface area contributed by atoms with Crippen molar-refractivity contribution in [3.63, 3.8) is 0 Å². The van der Waals surface area contributed by atoms with Crippen molar-refractivity contribution in [1.82, 2.24) is 0 Å². The van der Waals surface area contributed by atoms with Crippen LogP contribution in [-0.2, 0) is 4.79 Å². The average Bonchev–Trinajstić information content (AvgIpc) is 2.55. The number of aryl methyl sites for hydroxylation is 1. The number of quaternary nitrogens is 1. The predicted molar refractivity (Wildman–Crippen MR) is 94.9 cm³/mol. The zero-order chi connectivity index (χ0) is 17.4. The van der Waals surface area contributed by atoms with Crippen LogP contribution in [0.15, 0.2) is 48.5 Å². The number of carbonyl (C=O) groups is 1. The molecule has 1 unspecified atom stereocenters. The molecule has 2 aromatic rings. The molecule has 0 saturated heterocycles. The molecule has 24 heavy (non-hydrogen) atoms. The molecule has 0 spiro atoms. The molecular formula is C19H25N2O3+. The highest BCUT2D eigenvalue weighted by molar-refractivity contribution is 5.91. The van der Waals surface area contributed by atoms with Gasteiger partial charge in [-0.2, -0.15) is 0 Å². The van der Waals surface area contributed by atoms with Gasteiger partial charge in [0.1, 0.15) is 24.7 Å². The summed E-state index contributed by atoms with van der Waals surface area (Å²) in [7, 11) is 3.58. The number of benzene rings is 2. The van der Waals surface area contributed by atoms with Crippen LogP contribution < -0.4 is 19.7 Å². The number of nitrogens with one attached hydrogen (secondary N) is 2. The molecule has 1 atom stereocenters. The smallest absolute Gasteiger partial charge is 0.279 e. The van der Waals surface area contributed by atoms with E-state index in [1.54, 1.807) is 13.2 Å². The van der Waals surface area contributed by atoms with Crippen LogP contribution in [0.1, 0.15) is 5.56 Å². The molecule has 2 rings (SSSR count). The number of anilines is 1. The lowest BCUT2D eigenvalue weighted by Crippen LogP contribution is -3.10. The third-order valence-electron chi connectivity index (χ3n) is 3.60. The van der Waals surface area contributed by atoms with E-state index < -0.39 is 0 Å². The van der Waals surface area contributed by atoms with Crippen molar-refractivity contribution in [3.8, 4) is 11.5 Å². The van der Waals surface area contributed by atoms with Gasteiger partial charge in [0.15, 0.2) is 6.54 Å². The van der Waals surface area contributed by atoms with Crippen molar-refractivity contribution in [2.75, 3.05) is 39.2 Å². The van der Waals surface area contributed by atoms with E-state index in [9.17, 15) is 4.79 Å². The zero-order valence-electron chi connectivity index (χ0n) is 14.5. The topological polar surface area (TPSA) is 52.0 Å². The Balaban J connectivity index is 1.73. The average molecular weight is 329 g/mol. The fraction of sp³-hybridized carbons (Fsp3) is 0.316. The number of ether oxygens (including phenoxy) is 2. The normalized spacial score (nSPS) is 11.6. The summed E-state index contributed by atoms with van der Waals surface area (Å²) in [5.74, 6) is 1.56. The van der Waals surface area contributed by atoms with Crippen LogP contribution in [-0.4, -0.2) is 39.8 Å². The first kappa shape index (κ1) is 17.8. The van der Waals surface area contributed by atoms with Crippen LogP contribution in [0.3, 0.4) is 0 Å². The first-order valence-electron chi connectivity index (χ1n) is 8.01. The van der Waals surface area contributed by atoms with Crippen LogP contribution >= 0.6 is 0 Å². The molecule has 5 heteroatoms. The minimum atomic E-state index is -0.0312. The molecule has 0 heterocycles. The SMILES string of the molecule is COc1cccc(NC(=O)C[NH+](C)CCOc2cccc(C)c2)c1. The van der Waals surface area contributed by atoms with E-state index in [2.05, 4.69) is 5.32 Å². The number of methoxy groups -OCH3 is 1. The van der Waals surface area contributed by atoms with Crippen LogP contribution in [0, 0.1) is 6.92 Å². The van der Waals surface area contributed by atoms with Gasteiger partial charge < -0.3 is 19.7 Å². The number of rotatable bonds is 8. The molecule has 2 aromatic carbocycles. The number of hydrogen-bond acceptors (Lipinski definition) is 3. The molecule has 0 aliphatic heterocycles. The summed E-state index contributed by atoms with van der Waals surface area (Å²) < 4.78 is 10.9. The highest BCUT2D eigenvalue weighted by atomic mass is 16.5. The van der Waals surface area contributed by atoms with Gasteiger partial charge in [0.25, 0.3) is 5.91 Å². The molecule has 0 aliphatic rings. The minimum absolute atomic E-state index is 0.0312. The van der Waals surface area contributed by atoms with E-state index in [1.807, 2.05) is 56.4 Å². The maximum Gasteiger partial charge on any atom is 0.279 e. The van der Waals surface area contributed by atoms with Gasteiger partial charge in [-0.25, -0.2) is 0 Å². The molecule has 0 radical (unpaired) electrons. The molecule has 2 N–H and O–H groups in total. The van der Waals surface area contributed by atoms with Gasteiger partial charge >= 0.3 is 0 Å². The standard InChI is InChI=1S/C19H24N2O3/c1-15-6-4-9-18(12-15)24-11-10-21(2)14-19(22)20-16-7-5-8-17(13-16)23-3/h4-9,12-13H,10-11,14H2,1-3H3,(H,20,22)/p+1. The Bertz CT molecular complexity index is 673. The Morgan fingerprint density at radius 3 is 2.62 bits per heavy atom. The first-order chi connectivity index (χ1) is 11.6. The largest absolute Gasteiger partial charge is 0.497 e. The molecule has 0 saturated carbocycles. The van der Waals surface area contributed by atoms with Gasteiger partial charge in [-0.05, 0) is 36.8 Å². The van der Waals surface area contributed by atoms with Crippen molar-refractivity contribution < 1.29 is 19.2 Å². The Hall–Kier alpha value is -2.53. The summed E-state index contributed by atoms with van der Waals surface area (Å²) in [4.78, 5) is 13.2. The molecule has 1 amide bonds. The third-order valence-corrected chi connectivity index (χ3v) is 3.60. The summed E-state index contributed by atoms with van der Waals surface area (Å²) in [6, 6.07) is 15.3. The van der Waals surface area contributed by atoms with Crippen LogP contribution in [0.4, 0.5) is 5.69 Å². The van der Waals surface area contributed by atoms with Crippen molar-refractivity contribution in [2.45, 2.75) is 6.92 Å². The lowest BCUT2D eigenvalue weighted by atomic mass is 10.2. The Morgan fingerprint density at radius 1 is 1.12 bits per heavy atom. The highest BCUT2D eigenvalue weighted by Crippen LogP contribution is 2.16. The number of likely N-dealkylation sites (N-methyl/N-ethyl adjacent to an activating group) is 1. The van der Waals surface area contributed by atoms with E-state index in [1.165, 1.54) is 5.56 Å². The van der Waals surface area contributed by atoms with Crippen molar-refractivity contribution in [2.24, 2.45) is 0 Å². The van der Waals surface area contributed by atoms with Crippen LogP contribution in [0.25, 0.3) is 0 Å². The Morgan fingerprint density at radius 2 is 1.88 bits per heavy atom. The van der Waals surface area contributed by atoms with Crippen molar-refractivity contribution in [1.29, 1.82) is 0 Å². The summed E-state index contributed by atoms with van der Waals surface area (Å²) in [5, 5.41) is 2.88. The minimum Gasteiger partial charge on any atom is -0.497 e. The molecular weight excluding hydrogens is 304 g/mol. The maximum atomic E-state index is 12.1. The van der Waals surface area contributed by atoms with Gasteiger partial charge in [0, 0.05) is 11.8 Å². The molecule has 0 aliphatic carbocycles. The summed E-state index contributed by atoms with van der Waals surface area (Å²) in [5.41, 5.74) is 1.91. The second-order valence-electron chi connectivity index (χ2n) is 5.83. The molecule has 128 valence electrons. The second kappa shape index (κ2) is 8.93. The quantitative estimate of drug-likeness (QED) is 0.772. The van der Waals surface area contributed by atoms with Crippen molar-refractivity contribution in [3.05, 3.63) is 54.1 Å². The van der Waals surface area contributed by atoms with Crippen LogP contribution in [0.2, 0.25) is 0 Å². The van der Waals surface area contributed by atoms with Gasteiger partial charge in [-0.1, -0.05) is 18.2 Å². The van der Waals surface area contributed by atoms with E-state index in [-0.39, 0.29) is 5.91 Å². The lowest BCUT2D eigenvalue weighted by molar-refractivity contribution is -0.871. The van der Waals surface area contributed by atoms with Gasteiger partial charge in [0.2, 0.25) is 0 Å². The van der Waals surface area contributed by atoms with E-state index >= 15 is 0 Å². The maximum absolute atomic E-state index is 12.1. The number of amides is 1.